The molecule has 0 bridgehead atoms. The van der Waals surface area contributed by atoms with Crippen molar-refractivity contribution in [2.45, 2.75) is 26.3 Å². The highest BCUT2D eigenvalue weighted by Gasteiger charge is 2.21. The van der Waals surface area contributed by atoms with Crippen LogP contribution in [0.4, 0.5) is 5.82 Å². The van der Waals surface area contributed by atoms with E-state index in [1.54, 1.807) is 32.4 Å². The van der Waals surface area contributed by atoms with Crippen molar-refractivity contribution in [3.8, 4) is 0 Å². The van der Waals surface area contributed by atoms with Gasteiger partial charge in [0.2, 0.25) is 0 Å². The first-order valence-electron chi connectivity index (χ1n) is 5.89. The van der Waals surface area contributed by atoms with Gasteiger partial charge in [-0.05, 0) is 32.9 Å². The number of anilines is 1. The van der Waals surface area contributed by atoms with Crippen LogP contribution >= 0.6 is 0 Å². The molecule has 5 heteroatoms. The van der Waals surface area contributed by atoms with E-state index in [0.29, 0.717) is 24.6 Å². The number of ether oxygens (including phenoxy) is 2. The van der Waals surface area contributed by atoms with E-state index in [2.05, 4.69) is 10.3 Å². The minimum absolute atomic E-state index is 0.315. The molecule has 1 rings (SSSR count). The normalized spacial score (nSPS) is 11.1. The minimum Gasteiger partial charge on any atom is -0.462 e. The molecule has 0 fully saturated rings. The first-order chi connectivity index (χ1) is 8.50. The zero-order valence-corrected chi connectivity index (χ0v) is 11.3. The predicted octanol–water partition coefficient (Wildman–Crippen LogP) is 2.10. The Kier molecular flexibility index (Phi) is 5.09. The van der Waals surface area contributed by atoms with E-state index >= 15 is 0 Å². The summed E-state index contributed by atoms with van der Waals surface area (Å²) in [5.41, 5.74) is 0.119. The molecule has 0 spiro atoms. The van der Waals surface area contributed by atoms with Gasteiger partial charge >= 0.3 is 5.97 Å². The lowest BCUT2D eigenvalue weighted by molar-refractivity contribution is 0.0527. The lowest BCUT2D eigenvalue weighted by Gasteiger charge is -2.26. The minimum atomic E-state index is -0.374. The summed E-state index contributed by atoms with van der Waals surface area (Å²) in [5, 5.41) is 3.19. The number of rotatable bonds is 6. The Hall–Kier alpha value is -1.62. The second kappa shape index (κ2) is 6.35. The quantitative estimate of drug-likeness (QED) is 0.786. The first kappa shape index (κ1) is 14.4. The molecule has 0 unspecified atom stereocenters. The van der Waals surface area contributed by atoms with Crippen molar-refractivity contribution in [2.24, 2.45) is 0 Å². The van der Waals surface area contributed by atoms with Crippen molar-refractivity contribution in [3.05, 3.63) is 23.9 Å². The Morgan fingerprint density at radius 1 is 1.50 bits per heavy atom. The Balaban J connectivity index is 2.92. The largest absolute Gasteiger partial charge is 0.462 e. The van der Waals surface area contributed by atoms with Crippen LogP contribution in [0.15, 0.2) is 18.3 Å². The number of methoxy groups -OCH3 is 1. The van der Waals surface area contributed by atoms with Gasteiger partial charge in [-0.2, -0.15) is 0 Å². The topological polar surface area (TPSA) is 60.5 Å². The Morgan fingerprint density at radius 3 is 2.83 bits per heavy atom. The van der Waals surface area contributed by atoms with Crippen LogP contribution in [0, 0.1) is 0 Å². The highest BCUT2D eigenvalue weighted by molar-refractivity contribution is 5.94. The molecule has 0 amide bonds. The number of hydrogen-bond donors (Lipinski definition) is 1. The van der Waals surface area contributed by atoms with Crippen LogP contribution in [0.1, 0.15) is 31.1 Å². The zero-order valence-electron chi connectivity index (χ0n) is 11.3. The van der Waals surface area contributed by atoms with Crippen molar-refractivity contribution in [1.82, 2.24) is 4.98 Å². The number of hydrogen-bond acceptors (Lipinski definition) is 5. The molecule has 0 aliphatic rings. The predicted molar refractivity (Wildman–Crippen MR) is 69.8 cm³/mol. The van der Waals surface area contributed by atoms with Gasteiger partial charge in [0.15, 0.2) is 0 Å². The first-order valence-corrected chi connectivity index (χ1v) is 5.89. The van der Waals surface area contributed by atoms with Crippen molar-refractivity contribution in [3.63, 3.8) is 0 Å². The highest BCUT2D eigenvalue weighted by Crippen LogP contribution is 2.18. The molecule has 1 N–H and O–H groups in total. The third-order valence-corrected chi connectivity index (χ3v) is 2.27. The van der Waals surface area contributed by atoms with Gasteiger partial charge in [0, 0.05) is 13.3 Å². The van der Waals surface area contributed by atoms with Gasteiger partial charge in [0.1, 0.15) is 11.4 Å². The van der Waals surface area contributed by atoms with Crippen LogP contribution in [-0.4, -0.2) is 36.8 Å². The van der Waals surface area contributed by atoms with Gasteiger partial charge in [-0.3, -0.25) is 0 Å². The van der Waals surface area contributed by atoms with Gasteiger partial charge in [0.05, 0.1) is 18.8 Å². The molecule has 0 saturated heterocycles. The summed E-state index contributed by atoms with van der Waals surface area (Å²) in [6.07, 6.45) is 1.63. The number of aromatic nitrogens is 1. The van der Waals surface area contributed by atoms with Crippen LogP contribution in [0.5, 0.6) is 0 Å². The zero-order chi connectivity index (χ0) is 13.6. The van der Waals surface area contributed by atoms with Crippen molar-refractivity contribution in [2.75, 3.05) is 25.6 Å². The maximum Gasteiger partial charge on any atom is 0.341 e. The van der Waals surface area contributed by atoms with Crippen LogP contribution in [0.2, 0.25) is 0 Å². The third kappa shape index (κ3) is 4.00. The fourth-order valence-electron chi connectivity index (χ4n) is 1.60. The average molecular weight is 252 g/mol. The summed E-state index contributed by atoms with van der Waals surface area (Å²) in [6.45, 7) is 6.57. The van der Waals surface area contributed by atoms with E-state index < -0.39 is 0 Å². The van der Waals surface area contributed by atoms with Crippen molar-refractivity contribution >= 4 is 11.8 Å². The van der Waals surface area contributed by atoms with Crippen molar-refractivity contribution in [1.29, 1.82) is 0 Å². The number of carbonyl (C=O) groups is 1. The summed E-state index contributed by atoms with van der Waals surface area (Å²) in [6, 6.07) is 3.40. The van der Waals surface area contributed by atoms with Gasteiger partial charge in [0.25, 0.3) is 0 Å². The molecule has 0 aliphatic heterocycles. The molecule has 1 heterocycles. The standard InChI is InChI=1S/C13H20N2O3/c1-5-18-12(16)10-7-6-8-14-11(10)15-13(2,3)9-17-4/h6-8H,5,9H2,1-4H3,(H,14,15). The Labute approximate surface area is 108 Å². The lowest BCUT2D eigenvalue weighted by atomic mass is 10.1. The fourth-order valence-corrected chi connectivity index (χ4v) is 1.60. The van der Waals surface area contributed by atoms with Gasteiger partial charge in [-0.25, -0.2) is 9.78 Å². The second-order valence-corrected chi connectivity index (χ2v) is 4.56. The number of nitrogens with one attached hydrogen (secondary N) is 1. The summed E-state index contributed by atoms with van der Waals surface area (Å²) in [7, 11) is 1.63. The van der Waals surface area contributed by atoms with Crippen molar-refractivity contribution < 1.29 is 14.3 Å². The van der Waals surface area contributed by atoms with E-state index in [0.717, 1.165) is 0 Å². The smallest absolute Gasteiger partial charge is 0.341 e. The molecule has 100 valence electrons. The van der Waals surface area contributed by atoms with E-state index in [-0.39, 0.29) is 11.5 Å². The van der Waals surface area contributed by atoms with Crippen LogP contribution in [0.3, 0.4) is 0 Å². The van der Waals surface area contributed by atoms with Gasteiger partial charge in [-0.1, -0.05) is 0 Å². The van der Waals surface area contributed by atoms with E-state index in [4.69, 9.17) is 9.47 Å². The van der Waals surface area contributed by atoms with Crippen LogP contribution in [-0.2, 0) is 9.47 Å². The van der Waals surface area contributed by atoms with E-state index in [1.165, 1.54) is 0 Å². The molecule has 5 nitrogen and oxygen atoms in total. The van der Waals surface area contributed by atoms with Gasteiger partial charge in [-0.15, -0.1) is 0 Å². The summed E-state index contributed by atoms with van der Waals surface area (Å²) >= 11 is 0. The molecule has 1 aromatic rings. The van der Waals surface area contributed by atoms with Crippen LogP contribution in [0.25, 0.3) is 0 Å². The summed E-state index contributed by atoms with van der Waals surface area (Å²) in [4.78, 5) is 16.0. The SMILES string of the molecule is CCOC(=O)c1cccnc1NC(C)(C)COC. The average Bonchev–Trinajstić information content (AvgIpc) is 2.29. The number of nitrogens with zero attached hydrogens (tertiary/aromatic N) is 1. The third-order valence-electron chi connectivity index (χ3n) is 2.27. The second-order valence-electron chi connectivity index (χ2n) is 4.56. The van der Waals surface area contributed by atoms with Crippen LogP contribution < -0.4 is 5.32 Å². The molecule has 0 aromatic carbocycles. The number of carbonyl (C=O) groups excluding carboxylic acids is 1. The lowest BCUT2D eigenvalue weighted by Crippen LogP contribution is -2.37. The summed E-state index contributed by atoms with van der Waals surface area (Å²) < 4.78 is 10.1. The Bertz CT molecular complexity index is 405. The molecule has 1 aromatic heterocycles. The molecule has 0 aliphatic carbocycles. The maximum atomic E-state index is 11.8. The Morgan fingerprint density at radius 2 is 2.22 bits per heavy atom. The molecular formula is C13H20N2O3. The highest BCUT2D eigenvalue weighted by atomic mass is 16.5. The molecule has 18 heavy (non-hydrogen) atoms. The molecular weight excluding hydrogens is 232 g/mol. The van der Waals surface area contributed by atoms with E-state index in [1.807, 2.05) is 13.8 Å². The number of pyridine rings is 1. The molecule has 0 atom stereocenters. The molecule has 0 radical (unpaired) electrons. The van der Waals surface area contributed by atoms with Gasteiger partial charge < -0.3 is 14.8 Å². The monoisotopic (exact) mass is 252 g/mol. The summed E-state index contributed by atoms with van der Waals surface area (Å²) in [5.74, 6) is 0.138. The van der Waals surface area contributed by atoms with E-state index in [9.17, 15) is 4.79 Å². The fraction of sp³-hybridized carbons (Fsp3) is 0.538. The maximum absolute atomic E-state index is 11.8. The molecule has 0 saturated carbocycles. The number of esters is 1.